The fraction of sp³-hybridized carbons (Fsp3) is 0.409. The molecule has 0 aromatic heterocycles. The number of ether oxygens (including phenoxy) is 3. The van der Waals surface area contributed by atoms with Gasteiger partial charge in [0.15, 0.2) is 24.1 Å². The van der Waals surface area contributed by atoms with Crippen LogP contribution in [-0.2, 0) is 13.0 Å². The minimum absolute atomic E-state index is 0.179. The molecule has 2 aromatic carbocycles. The van der Waals surface area contributed by atoms with Gasteiger partial charge in [-0.15, -0.1) is 0 Å². The average molecular weight is 439 g/mol. The number of hydrogen-bond acceptors (Lipinski definition) is 4. The highest BCUT2D eigenvalue weighted by atomic mass is 19.4. The highest BCUT2D eigenvalue weighted by molar-refractivity contribution is 5.79. The summed E-state index contributed by atoms with van der Waals surface area (Å²) in [6, 6.07) is 12.3. The number of alkyl halides is 3. The van der Waals surface area contributed by atoms with Crippen molar-refractivity contribution < 1.29 is 27.4 Å². The number of nitrogens with one attached hydrogen (secondary N) is 2. The van der Waals surface area contributed by atoms with Crippen molar-refractivity contribution in [3.05, 3.63) is 53.6 Å². The highest BCUT2D eigenvalue weighted by Gasteiger charge is 2.28. The summed E-state index contributed by atoms with van der Waals surface area (Å²) in [6.07, 6.45) is -2.59. The van der Waals surface area contributed by atoms with Crippen LogP contribution in [0.3, 0.4) is 0 Å². The van der Waals surface area contributed by atoms with E-state index in [1.54, 1.807) is 33.4 Å². The average Bonchev–Trinajstić information content (AvgIpc) is 2.77. The molecule has 0 aliphatic heterocycles. The normalized spacial score (nSPS) is 11.7. The molecule has 0 radical (unpaired) electrons. The lowest BCUT2D eigenvalue weighted by atomic mass is 10.1. The molecule has 31 heavy (non-hydrogen) atoms. The van der Waals surface area contributed by atoms with Gasteiger partial charge in [-0.05, 0) is 48.2 Å². The van der Waals surface area contributed by atoms with E-state index in [2.05, 4.69) is 15.6 Å². The Hall–Kier alpha value is -3.10. The molecular formula is C22H28F3N3O3. The van der Waals surface area contributed by atoms with Crippen molar-refractivity contribution in [2.75, 3.05) is 34.4 Å². The molecule has 0 saturated heterocycles. The standard InChI is InChI=1S/C22H28F3N3O3/c1-26-21(27-12-4-5-16-8-11-19(29-2)20(13-16)30-3)28-14-17-6-9-18(10-7-17)31-15-22(23,24)25/h6-11,13H,4-5,12,14-15H2,1-3H3,(H2,26,27,28). The van der Waals surface area contributed by atoms with Crippen molar-refractivity contribution in [1.29, 1.82) is 0 Å². The molecule has 0 aliphatic rings. The van der Waals surface area contributed by atoms with Gasteiger partial charge in [0, 0.05) is 20.1 Å². The molecule has 2 N–H and O–H groups in total. The summed E-state index contributed by atoms with van der Waals surface area (Å²) in [5.74, 6) is 2.23. The Labute approximate surface area is 180 Å². The summed E-state index contributed by atoms with van der Waals surface area (Å²) >= 11 is 0. The molecule has 0 fully saturated rings. The molecule has 0 unspecified atom stereocenters. The molecule has 0 aliphatic carbocycles. The second kappa shape index (κ2) is 11.9. The molecule has 2 rings (SSSR count). The molecule has 170 valence electrons. The SMILES string of the molecule is CN=C(NCCCc1ccc(OC)c(OC)c1)NCc1ccc(OCC(F)(F)F)cc1. The maximum absolute atomic E-state index is 12.2. The summed E-state index contributed by atoms with van der Waals surface area (Å²) in [5, 5.41) is 6.42. The quantitative estimate of drug-likeness (QED) is 0.334. The van der Waals surface area contributed by atoms with Crippen molar-refractivity contribution in [2.45, 2.75) is 25.6 Å². The zero-order chi connectivity index (χ0) is 22.7. The van der Waals surface area contributed by atoms with Gasteiger partial charge in [0.2, 0.25) is 0 Å². The third-order valence-corrected chi connectivity index (χ3v) is 4.39. The van der Waals surface area contributed by atoms with E-state index in [0.29, 0.717) is 24.0 Å². The van der Waals surface area contributed by atoms with E-state index >= 15 is 0 Å². The van der Waals surface area contributed by atoms with Gasteiger partial charge < -0.3 is 24.8 Å². The summed E-state index contributed by atoms with van der Waals surface area (Å²) in [4.78, 5) is 4.18. The maximum Gasteiger partial charge on any atom is 0.422 e. The summed E-state index contributed by atoms with van der Waals surface area (Å²) in [6.45, 7) is -0.0996. The van der Waals surface area contributed by atoms with Crippen molar-refractivity contribution in [3.63, 3.8) is 0 Å². The Bertz CT molecular complexity index is 840. The molecule has 0 amide bonds. The third kappa shape index (κ3) is 8.65. The van der Waals surface area contributed by atoms with Gasteiger partial charge in [0.1, 0.15) is 5.75 Å². The minimum atomic E-state index is -4.35. The van der Waals surface area contributed by atoms with Crippen LogP contribution in [-0.4, -0.2) is 46.6 Å². The monoisotopic (exact) mass is 439 g/mol. The first-order valence-electron chi connectivity index (χ1n) is 9.78. The van der Waals surface area contributed by atoms with Crippen LogP contribution in [0.15, 0.2) is 47.5 Å². The van der Waals surface area contributed by atoms with E-state index in [4.69, 9.17) is 14.2 Å². The topological polar surface area (TPSA) is 64.1 Å². The van der Waals surface area contributed by atoms with Gasteiger partial charge in [0.05, 0.1) is 14.2 Å². The van der Waals surface area contributed by atoms with Crippen molar-refractivity contribution in [3.8, 4) is 17.2 Å². The molecule has 0 atom stereocenters. The summed E-state index contributed by atoms with van der Waals surface area (Å²) in [5.41, 5.74) is 2.04. The van der Waals surface area contributed by atoms with Crippen LogP contribution in [0.25, 0.3) is 0 Å². The lowest BCUT2D eigenvalue weighted by Crippen LogP contribution is -2.37. The number of halogens is 3. The van der Waals surface area contributed by atoms with Crippen LogP contribution < -0.4 is 24.8 Å². The van der Waals surface area contributed by atoms with E-state index in [9.17, 15) is 13.2 Å². The van der Waals surface area contributed by atoms with Crippen LogP contribution in [0.5, 0.6) is 17.2 Å². The Morgan fingerprint density at radius 1 is 0.935 bits per heavy atom. The number of benzene rings is 2. The van der Waals surface area contributed by atoms with Gasteiger partial charge >= 0.3 is 6.18 Å². The Morgan fingerprint density at radius 2 is 1.61 bits per heavy atom. The largest absolute Gasteiger partial charge is 0.493 e. The van der Waals surface area contributed by atoms with Gasteiger partial charge in [0.25, 0.3) is 0 Å². The second-order valence-electron chi connectivity index (χ2n) is 6.69. The number of hydrogen-bond donors (Lipinski definition) is 2. The van der Waals surface area contributed by atoms with E-state index in [-0.39, 0.29) is 5.75 Å². The fourth-order valence-corrected chi connectivity index (χ4v) is 2.81. The van der Waals surface area contributed by atoms with E-state index in [0.717, 1.165) is 30.5 Å². The van der Waals surface area contributed by atoms with Crippen LogP contribution in [0.1, 0.15) is 17.5 Å². The minimum Gasteiger partial charge on any atom is -0.493 e. The lowest BCUT2D eigenvalue weighted by molar-refractivity contribution is -0.153. The number of guanidine groups is 1. The molecule has 0 saturated carbocycles. The number of methoxy groups -OCH3 is 2. The molecule has 0 heterocycles. The summed E-state index contributed by atoms with van der Waals surface area (Å²) < 4.78 is 51.8. The molecule has 9 heteroatoms. The highest BCUT2D eigenvalue weighted by Crippen LogP contribution is 2.27. The smallest absolute Gasteiger partial charge is 0.422 e. The molecule has 6 nitrogen and oxygen atoms in total. The predicted octanol–water partition coefficient (Wildman–Crippen LogP) is 3.94. The number of nitrogens with zero attached hydrogens (tertiary/aromatic N) is 1. The molecule has 0 spiro atoms. The number of rotatable bonds is 10. The van der Waals surface area contributed by atoms with Crippen LogP contribution in [0.2, 0.25) is 0 Å². The second-order valence-corrected chi connectivity index (χ2v) is 6.69. The van der Waals surface area contributed by atoms with Crippen LogP contribution in [0.4, 0.5) is 13.2 Å². The van der Waals surface area contributed by atoms with Gasteiger partial charge in [-0.25, -0.2) is 0 Å². The zero-order valence-electron chi connectivity index (χ0n) is 17.9. The van der Waals surface area contributed by atoms with Crippen LogP contribution in [0, 0.1) is 0 Å². The Kier molecular flexibility index (Phi) is 9.30. The molecule has 2 aromatic rings. The number of aryl methyl sites for hydroxylation is 1. The van der Waals surface area contributed by atoms with E-state index in [1.165, 1.54) is 12.1 Å². The van der Waals surface area contributed by atoms with E-state index < -0.39 is 12.8 Å². The maximum atomic E-state index is 12.2. The van der Waals surface area contributed by atoms with Gasteiger partial charge in [-0.1, -0.05) is 18.2 Å². The van der Waals surface area contributed by atoms with Gasteiger partial charge in [-0.3, -0.25) is 4.99 Å². The Balaban J connectivity index is 1.73. The van der Waals surface area contributed by atoms with Crippen molar-refractivity contribution >= 4 is 5.96 Å². The third-order valence-electron chi connectivity index (χ3n) is 4.39. The molecular weight excluding hydrogens is 411 g/mol. The van der Waals surface area contributed by atoms with Crippen molar-refractivity contribution in [1.82, 2.24) is 10.6 Å². The zero-order valence-corrected chi connectivity index (χ0v) is 17.9. The van der Waals surface area contributed by atoms with E-state index in [1.807, 2.05) is 18.2 Å². The van der Waals surface area contributed by atoms with Gasteiger partial charge in [-0.2, -0.15) is 13.2 Å². The predicted molar refractivity (Wildman–Crippen MR) is 114 cm³/mol. The molecule has 0 bridgehead atoms. The van der Waals surface area contributed by atoms with Crippen LogP contribution >= 0.6 is 0 Å². The first-order valence-corrected chi connectivity index (χ1v) is 9.78. The number of aliphatic imine (C=N–C) groups is 1. The fourth-order valence-electron chi connectivity index (χ4n) is 2.81. The first kappa shape index (κ1) is 24.2. The Morgan fingerprint density at radius 3 is 2.23 bits per heavy atom. The first-order chi connectivity index (χ1) is 14.8. The summed E-state index contributed by atoms with van der Waals surface area (Å²) in [7, 11) is 4.90. The lowest BCUT2D eigenvalue weighted by Gasteiger charge is -2.13. The van der Waals surface area contributed by atoms with Crippen molar-refractivity contribution in [2.24, 2.45) is 4.99 Å².